The van der Waals surface area contributed by atoms with E-state index >= 15 is 0 Å². The lowest BCUT2D eigenvalue weighted by molar-refractivity contribution is -0.145. The Hall–Kier alpha value is -3.05. The normalized spacial score (nSPS) is 12.5. The molecule has 152 valence electrons. The van der Waals surface area contributed by atoms with E-state index in [0.717, 1.165) is 0 Å². The predicted octanol–water partition coefficient (Wildman–Crippen LogP) is 3.49. The van der Waals surface area contributed by atoms with E-state index in [-0.39, 0.29) is 23.7 Å². The van der Waals surface area contributed by atoms with E-state index in [4.69, 9.17) is 23.7 Å². The Morgan fingerprint density at radius 3 is 2.43 bits per heavy atom. The predicted molar refractivity (Wildman–Crippen MR) is 101 cm³/mol. The summed E-state index contributed by atoms with van der Waals surface area (Å²) in [6.45, 7) is 7.03. The van der Waals surface area contributed by atoms with Crippen molar-refractivity contribution < 1.29 is 33.3 Å². The molecule has 28 heavy (non-hydrogen) atoms. The van der Waals surface area contributed by atoms with Crippen LogP contribution in [0.25, 0.3) is 6.08 Å². The molecule has 0 saturated carbocycles. The van der Waals surface area contributed by atoms with Gasteiger partial charge in [0.05, 0.1) is 13.7 Å². The molecule has 0 aliphatic carbocycles. The molecule has 0 saturated heterocycles. The van der Waals surface area contributed by atoms with Crippen LogP contribution in [0.2, 0.25) is 0 Å². The Balaban J connectivity index is 3.00. The number of rotatable bonds is 7. The molecule has 1 aromatic rings. The summed E-state index contributed by atoms with van der Waals surface area (Å²) < 4.78 is 25.5. The van der Waals surface area contributed by atoms with E-state index in [1.165, 1.54) is 32.4 Å². The number of ether oxygens (including phenoxy) is 5. The molecule has 0 fully saturated rings. The molecule has 1 aromatic carbocycles. The first-order valence-corrected chi connectivity index (χ1v) is 8.50. The first kappa shape index (κ1) is 23.0. The Kier molecular flexibility index (Phi) is 8.48. The zero-order chi connectivity index (χ0) is 21.3. The van der Waals surface area contributed by atoms with Crippen molar-refractivity contribution in [1.82, 2.24) is 0 Å². The molecule has 0 aliphatic rings. The third-order valence-corrected chi connectivity index (χ3v) is 3.13. The first-order chi connectivity index (χ1) is 13.1. The minimum atomic E-state index is -0.873. The molecule has 8 nitrogen and oxygen atoms in total. The number of nitrogens with zero attached hydrogens (tertiary/aromatic N) is 1. The molecule has 0 amide bonds. The number of carbonyl (C=O) groups excluding carboxylic acids is 2. The van der Waals surface area contributed by atoms with Gasteiger partial charge in [-0.05, 0) is 51.5 Å². The molecule has 0 heterocycles. The largest absolute Gasteiger partial charge is 0.514 e. The molecule has 0 spiro atoms. The maximum Gasteiger partial charge on any atom is 0.514 e. The van der Waals surface area contributed by atoms with Crippen LogP contribution < -0.4 is 9.47 Å². The van der Waals surface area contributed by atoms with Crippen molar-refractivity contribution in [2.75, 3.05) is 20.8 Å². The number of benzene rings is 1. The molecule has 0 bridgehead atoms. The molecular weight excluding hydrogens is 366 g/mol. The van der Waals surface area contributed by atoms with Gasteiger partial charge >= 0.3 is 12.1 Å². The fourth-order valence-electron chi connectivity index (χ4n) is 2.04. The van der Waals surface area contributed by atoms with Gasteiger partial charge in [0.2, 0.25) is 0 Å². The van der Waals surface area contributed by atoms with Crippen molar-refractivity contribution in [3.05, 3.63) is 29.3 Å². The zero-order valence-electron chi connectivity index (χ0n) is 16.9. The second-order valence-corrected chi connectivity index (χ2v) is 6.82. The van der Waals surface area contributed by atoms with Crippen LogP contribution in [0.5, 0.6) is 11.5 Å². The van der Waals surface area contributed by atoms with Crippen LogP contribution in [-0.4, -0.2) is 44.7 Å². The van der Waals surface area contributed by atoms with E-state index in [0.29, 0.717) is 5.56 Å². The van der Waals surface area contributed by atoms with E-state index in [1.807, 2.05) is 6.07 Å². The number of hydrogen-bond acceptors (Lipinski definition) is 8. The highest BCUT2D eigenvalue weighted by molar-refractivity contribution is 5.98. The Morgan fingerprint density at radius 2 is 1.89 bits per heavy atom. The summed E-state index contributed by atoms with van der Waals surface area (Å²) in [4.78, 5) is 23.9. The van der Waals surface area contributed by atoms with E-state index in [2.05, 4.69) is 0 Å². The SMILES string of the molecule is COC[C@@H](C)OC(=O)/C(C#N)=C/c1ccc(OC(=O)OC(C)(C)C)c(OC)c1. The van der Waals surface area contributed by atoms with Crippen LogP contribution in [0.1, 0.15) is 33.3 Å². The van der Waals surface area contributed by atoms with Crippen molar-refractivity contribution in [2.24, 2.45) is 0 Å². The van der Waals surface area contributed by atoms with Gasteiger partial charge in [-0.3, -0.25) is 0 Å². The van der Waals surface area contributed by atoms with E-state index < -0.39 is 23.8 Å². The number of methoxy groups -OCH3 is 2. The number of nitriles is 1. The molecule has 0 radical (unpaired) electrons. The third kappa shape index (κ3) is 7.68. The Bertz CT molecular complexity index is 772. The minimum absolute atomic E-state index is 0.142. The van der Waals surface area contributed by atoms with Crippen LogP contribution in [0.4, 0.5) is 4.79 Å². The van der Waals surface area contributed by atoms with Gasteiger partial charge < -0.3 is 23.7 Å². The van der Waals surface area contributed by atoms with Gasteiger partial charge in [0.25, 0.3) is 0 Å². The summed E-state index contributed by atoms with van der Waals surface area (Å²) in [5, 5.41) is 9.24. The Morgan fingerprint density at radius 1 is 1.21 bits per heavy atom. The molecule has 1 atom stereocenters. The van der Waals surface area contributed by atoms with Crippen LogP contribution in [-0.2, 0) is 19.0 Å². The van der Waals surface area contributed by atoms with Crippen molar-refractivity contribution in [1.29, 1.82) is 5.26 Å². The molecular formula is C20H25NO7. The third-order valence-electron chi connectivity index (χ3n) is 3.13. The summed E-state index contributed by atoms with van der Waals surface area (Å²) >= 11 is 0. The summed E-state index contributed by atoms with van der Waals surface area (Å²) in [5.41, 5.74) is -0.401. The highest BCUT2D eigenvalue weighted by Crippen LogP contribution is 2.29. The number of esters is 1. The standard InChI is InChI=1S/C20H25NO7/c1-13(12-24-5)26-18(22)15(11-21)9-14-7-8-16(17(10-14)25-6)27-19(23)28-20(2,3)4/h7-10,13H,12H2,1-6H3/b15-9+/t13-/m1/s1. The summed E-state index contributed by atoms with van der Waals surface area (Å²) in [6.07, 6.45) is -0.0161. The number of carbonyl (C=O) groups is 2. The highest BCUT2D eigenvalue weighted by atomic mass is 16.7. The fourth-order valence-corrected chi connectivity index (χ4v) is 2.04. The van der Waals surface area contributed by atoms with Crippen molar-refractivity contribution in [3.63, 3.8) is 0 Å². The maximum absolute atomic E-state index is 12.1. The molecule has 8 heteroatoms. The zero-order valence-corrected chi connectivity index (χ0v) is 16.9. The minimum Gasteiger partial charge on any atom is -0.493 e. The van der Waals surface area contributed by atoms with Crippen LogP contribution in [0, 0.1) is 11.3 Å². The molecule has 0 unspecified atom stereocenters. The second kappa shape index (κ2) is 10.3. The van der Waals surface area contributed by atoms with Gasteiger partial charge in [-0.2, -0.15) is 5.26 Å². The summed E-state index contributed by atoms with van der Waals surface area (Å²) in [5.74, 6) is -0.387. The van der Waals surface area contributed by atoms with E-state index in [9.17, 15) is 14.9 Å². The van der Waals surface area contributed by atoms with Crippen molar-refractivity contribution >= 4 is 18.2 Å². The quantitative estimate of drug-likeness (QED) is 0.301. The molecule has 1 rings (SSSR count). The van der Waals surface area contributed by atoms with Crippen molar-refractivity contribution in [3.8, 4) is 17.6 Å². The fraction of sp³-hybridized carbons (Fsp3) is 0.450. The van der Waals surface area contributed by atoms with Gasteiger partial charge in [-0.15, -0.1) is 0 Å². The number of hydrogen-bond donors (Lipinski definition) is 0. The van der Waals surface area contributed by atoms with Crippen LogP contribution in [0.15, 0.2) is 23.8 Å². The lowest BCUT2D eigenvalue weighted by atomic mass is 10.1. The average Bonchev–Trinajstić information content (AvgIpc) is 2.58. The smallest absolute Gasteiger partial charge is 0.493 e. The lowest BCUT2D eigenvalue weighted by Crippen LogP contribution is -2.26. The van der Waals surface area contributed by atoms with Crippen molar-refractivity contribution in [2.45, 2.75) is 39.4 Å². The van der Waals surface area contributed by atoms with Gasteiger partial charge in [-0.25, -0.2) is 9.59 Å². The first-order valence-electron chi connectivity index (χ1n) is 8.50. The summed E-state index contributed by atoms with van der Waals surface area (Å²) in [7, 11) is 2.88. The van der Waals surface area contributed by atoms with Gasteiger partial charge in [0.1, 0.15) is 23.3 Å². The monoisotopic (exact) mass is 391 g/mol. The average molecular weight is 391 g/mol. The molecule has 0 aliphatic heterocycles. The van der Waals surface area contributed by atoms with Gasteiger partial charge in [-0.1, -0.05) is 6.07 Å². The molecule has 0 N–H and O–H groups in total. The van der Waals surface area contributed by atoms with E-state index in [1.54, 1.807) is 33.8 Å². The van der Waals surface area contributed by atoms with Crippen LogP contribution >= 0.6 is 0 Å². The highest BCUT2D eigenvalue weighted by Gasteiger charge is 2.20. The Labute approximate surface area is 164 Å². The summed E-state index contributed by atoms with van der Waals surface area (Å²) in [6, 6.07) is 6.36. The van der Waals surface area contributed by atoms with Gasteiger partial charge in [0, 0.05) is 7.11 Å². The van der Waals surface area contributed by atoms with Crippen LogP contribution in [0.3, 0.4) is 0 Å². The lowest BCUT2D eigenvalue weighted by Gasteiger charge is -2.19. The topological polar surface area (TPSA) is 104 Å². The molecule has 0 aromatic heterocycles. The second-order valence-electron chi connectivity index (χ2n) is 6.82. The maximum atomic E-state index is 12.1. The van der Waals surface area contributed by atoms with Gasteiger partial charge in [0.15, 0.2) is 11.5 Å².